The third-order valence-electron chi connectivity index (χ3n) is 4.41. The van der Waals surface area contributed by atoms with Gasteiger partial charge in [0.1, 0.15) is 27.5 Å². The molecule has 0 aliphatic heterocycles. The molecule has 9 heteroatoms. The molecule has 150 valence electrons. The third kappa shape index (κ3) is 3.81. The summed E-state index contributed by atoms with van der Waals surface area (Å²) in [7, 11) is 4.87. The molecule has 0 saturated heterocycles. The van der Waals surface area contributed by atoms with Gasteiger partial charge in [0, 0.05) is 12.6 Å². The van der Waals surface area contributed by atoms with Crippen molar-refractivity contribution in [3.8, 4) is 17.2 Å². The summed E-state index contributed by atoms with van der Waals surface area (Å²) in [6.45, 7) is 0. The van der Waals surface area contributed by atoms with Gasteiger partial charge in [0.05, 0.1) is 27.5 Å². The Morgan fingerprint density at radius 3 is 2.45 bits per heavy atom. The Hall–Kier alpha value is -3.33. The van der Waals surface area contributed by atoms with Crippen molar-refractivity contribution in [2.45, 2.75) is 11.3 Å². The monoisotopic (exact) mass is 412 g/mol. The molecular weight excluding hydrogens is 392 g/mol. The molecule has 0 atom stereocenters. The molecule has 0 amide bonds. The molecule has 0 fully saturated rings. The van der Waals surface area contributed by atoms with Crippen molar-refractivity contribution in [2.75, 3.05) is 26.1 Å². The Bertz CT molecular complexity index is 1090. The molecule has 2 aromatic carbocycles. The molecule has 0 radical (unpaired) electrons. The average Bonchev–Trinajstić information content (AvgIpc) is 3.41. The highest BCUT2D eigenvalue weighted by atomic mass is 32.2. The number of nitrogens with one attached hydrogen (secondary N) is 2. The van der Waals surface area contributed by atoms with E-state index in [4.69, 9.17) is 18.7 Å². The second-order valence-corrected chi connectivity index (χ2v) is 7.00. The lowest BCUT2D eigenvalue weighted by molar-refractivity contribution is 0.376. The van der Waals surface area contributed by atoms with Crippen molar-refractivity contribution in [1.82, 2.24) is 15.4 Å². The zero-order valence-electron chi connectivity index (χ0n) is 16.2. The molecule has 0 aliphatic rings. The molecule has 8 nitrogen and oxygen atoms in total. The summed E-state index contributed by atoms with van der Waals surface area (Å²) in [5.41, 5.74) is 2.75. The van der Waals surface area contributed by atoms with Gasteiger partial charge < -0.3 is 23.5 Å². The normalized spacial score (nSPS) is 10.9. The standard InChI is InChI=1S/C20H20N4O4S/c1-25-14-5-4-6-15(26-2)19(14)29-24-20-18-16(27-3)8-12(9-17(18)28-23-20)7-13-10-21-22-11-13/h4-6,8-11H,7H2,1-3H3,(H,21,22)(H,23,24). The van der Waals surface area contributed by atoms with Crippen LogP contribution >= 0.6 is 11.9 Å². The van der Waals surface area contributed by atoms with Crippen LogP contribution in [0, 0.1) is 0 Å². The number of aromatic nitrogens is 3. The van der Waals surface area contributed by atoms with Crippen molar-refractivity contribution in [3.05, 3.63) is 53.9 Å². The Labute approximate surface area is 171 Å². The lowest BCUT2D eigenvalue weighted by Crippen LogP contribution is -1.96. The SMILES string of the molecule is COc1cccc(OC)c1SNc1noc2cc(Cc3cn[nH]c3)cc(OC)c12. The summed E-state index contributed by atoms with van der Waals surface area (Å²) in [5.74, 6) is 2.63. The van der Waals surface area contributed by atoms with Gasteiger partial charge in [-0.1, -0.05) is 11.2 Å². The van der Waals surface area contributed by atoms with Crippen LogP contribution in [0.1, 0.15) is 11.1 Å². The van der Waals surface area contributed by atoms with Crippen LogP contribution in [0.4, 0.5) is 5.82 Å². The number of rotatable bonds is 8. The second-order valence-electron chi connectivity index (χ2n) is 6.18. The van der Waals surface area contributed by atoms with Crippen LogP contribution < -0.4 is 18.9 Å². The van der Waals surface area contributed by atoms with Crippen molar-refractivity contribution in [3.63, 3.8) is 0 Å². The van der Waals surface area contributed by atoms with Crippen LogP contribution in [0.15, 0.2) is 52.1 Å². The van der Waals surface area contributed by atoms with Crippen LogP contribution in [-0.4, -0.2) is 36.7 Å². The van der Waals surface area contributed by atoms with Gasteiger partial charge in [0.25, 0.3) is 0 Å². The number of hydrogen-bond acceptors (Lipinski definition) is 8. The van der Waals surface area contributed by atoms with Gasteiger partial charge in [-0.2, -0.15) is 5.10 Å². The van der Waals surface area contributed by atoms with E-state index in [1.165, 1.54) is 11.9 Å². The molecule has 0 spiro atoms. The molecule has 0 unspecified atom stereocenters. The molecule has 2 heterocycles. The Balaban J connectivity index is 1.64. The fourth-order valence-electron chi connectivity index (χ4n) is 3.05. The number of nitrogens with zero attached hydrogens (tertiary/aromatic N) is 2. The van der Waals surface area contributed by atoms with Gasteiger partial charge in [0.2, 0.25) is 0 Å². The van der Waals surface area contributed by atoms with Crippen molar-refractivity contribution in [2.24, 2.45) is 0 Å². The largest absolute Gasteiger partial charge is 0.496 e. The fraction of sp³-hybridized carbons (Fsp3) is 0.200. The molecule has 0 bridgehead atoms. The van der Waals surface area contributed by atoms with Gasteiger partial charge in [0.15, 0.2) is 11.4 Å². The molecule has 2 aromatic heterocycles. The number of fused-ring (bicyclic) bond motifs is 1. The predicted octanol–water partition coefficient (Wildman–Crippen LogP) is 4.29. The first-order valence-electron chi connectivity index (χ1n) is 8.81. The maximum atomic E-state index is 5.61. The van der Waals surface area contributed by atoms with Gasteiger partial charge in [-0.25, -0.2) is 0 Å². The first-order chi connectivity index (χ1) is 14.2. The highest BCUT2D eigenvalue weighted by Crippen LogP contribution is 2.40. The van der Waals surface area contributed by atoms with E-state index in [2.05, 4.69) is 20.1 Å². The Morgan fingerprint density at radius 2 is 1.79 bits per heavy atom. The summed E-state index contributed by atoms with van der Waals surface area (Å²) in [6.07, 6.45) is 4.36. The first-order valence-corrected chi connectivity index (χ1v) is 9.63. The molecule has 0 saturated carbocycles. The van der Waals surface area contributed by atoms with E-state index in [1.54, 1.807) is 27.5 Å². The van der Waals surface area contributed by atoms with Crippen molar-refractivity contribution in [1.29, 1.82) is 0 Å². The quantitative estimate of drug-likeness (QED) is 0.414. The fourth-order valence-corrected chi connectivity index (χ4v) is 3.89. The number of hydrogen-bond donors (Lipinski definition) is 2. The van der Waals surface area contributed by atoms with E-state index in [9.17, 15) is 0 Å². The number of ether oxygens (including phenoxy) is 3. The van der Waals surface area contributed by atoms with Crippen LogP contribution in [0.5, 0.6) is 17.2 Å². The molecular formula is C20H20N4O4S. The highest BCUT2D eigenvalue weighted by Gasteiger charge is 2.18. The first kappa shape index (κ1) is 19.0. The predicted molar refractivity (Wildman–Crippen MR) is 111 cm³/mol. The van der Waals surface area contributed by atoms with E-state index >= 15 is 0 Å². The van der Waals surface area contributed by atoms with Crippen LogP contribution in [0.25, 0.3) is 11.0 Å². The Morgan fingerprint density at radius 1 is 1.03 bits per heavy atom. The van der Waals surface area contributed by atoms with E-state index in [1.807, 2.05) is 36.5 Å². The summed E-state index contributed by atoms with van der Waals surface area (Å²) in [5, 5.41) is 11.8. The highest BCUT2D eigenvalue weighted by molar-refractivity contribution is 8.00. The third-order valence-corrected chi connectivity index (χ3v) is 5.32. The molecule has 4 aromatic rings. The number of aromatic amines is 1. The smallest absolute Gasteiger partial charge is 0.191 e. The van der Waals surface area contributed by atoms with Crippen molar-refractivity contribution < 1.29 is 18.7 Å². The topological polar surface area (TPSA) is 94.4 Å². The summed E-state index contributed by atoms with van der Waals surface area (Å²) in [6, 6.07) is 9.55. The molecule has 29 heavy (non-hydrogen) atoms. The maximum Gasteiger partial charge on any atom is 0.191 e. The minimum atomic E-state index is 0.560. The van der Waals surface area contributed by atoms with Crippen LogP contribution in [0.3, 0.4) is 0 Å². The summed E-state index contributed by atoms with van der Waals surface area (Å²) >= 11 is 1.33. The lowest BCUT2D eigenvalue weighted by Gasteiger charge is -2.12. The average molecular weight is 412 g/mol. The number of benzene rings is 2. The molecule has 2 N–H and O–H groups in total. The van der Waals surface area contributed by atoms with E-state index in [0.717, 1.165) is 21.4 Å². The lowest BCUT2D eigenvalue weighted by atomic mass is 10.1. The number of methoxy groups -OCH3 is 3. The minimum Gasteiger partial charge on any atom is -0.496 e. The number of H-pyrrole nitrogens is 1. The van der Waals surface area contributed by atoms with Gasteiger partial charge >= 0.3 is 0 Å². The van der Waals surface area contributed by atoms with E-state index in [0.29, 0.717) is 35.1 Å². The van der Waals surface area contributed by atoms with Crippen LogP contribution in [0.2, 0.25) is 0 Å². The van der Waals surface area contributed by atoms with Gasteiger partial charge in [-0.15, -0.1) is 0 Å². The van der Waals surface area contributed by atoms with Gasteiger partial charge in [-0.05, 0) is 47.3 Å². The van der Waals surface area contributed by atoms with Gasteiger partial charge in [-0.3, -0.25) is 5.10 Å². The van der Waals surface area contributed by atoms with E-state index in [-0.39, 0.29) is 0 Å². The Kier molecular flexibility index (Phi) is 5.48. The zero-order chi connectivity index (χ0) is 20.2. The zero-order valence-corrected chi connectivity index (χ0v) is 17.0. The van der Waals surface area contributed by atoms with Crippen LogP contribution in [-0.2, 0) is 6.42 Å². The molecule has 4 rings (SSSR count). The summed E-state index contributed by atoms with van der Waals surface area (Å²) < 4.78 is 25.3. The number of anilines is 1. The summed E-state index contributed by atoms with van der Waals surface area (Å²) in [4.78, 5) is 0.809. The van der Waals surface area contributed by atoms with Crippen molar-refractivity contribution >= 4 is 28.7 Å². The second kappa shape index (κ2) is 8.36. The minimum absolute atomic E-state index is 0.560. The van der Waals surface area contributed by atoms with E-state index < -0.39 is 0 Å². The maximum absolute atomic E-state index is 5.61. The molecule has 0 aliphatic carbocycles.